The van der Waals surface area contributed by atoms with Gasteiger partial charge in [0.2, 0.25) is 0 Å². The minimum absolute atomic E-state index is 0.00368. The minimum Gasteiger partial charge on any atom is -0.480 e. The summed E-state index contributed by atoms with van der Waals surface area (Å²) in [6.07, 6.45) is -1.12. The van der Waals surface area contributed by atoms with Crippen LogP contribution in [0.25, 0.3) is 0 Å². The summed E-state index contributed by atoms with van der Waals surface area (Å²) in [6, 6.07) is 4.43. The van der Waals surface area contributed by atoms with Crippen LogP contribution in [0.15, 0.2) is 18.2 Å². The van der Waals surface area contributed by atoms with Crippen molar-refractivity contribution in [1.82, 2.24) is 0 Å². The van der Waals surface area contributed by atoms with Gasteiger partial charge < -0.3 is 29.8 Å². The van der Waals surface area contributed by atoms with E-state index < -0.39 is 35.7 Å². The fourth-order valence-corrected chi connectivity index (χ4v) is 3.55. The average Bonchev–Trinajstić information content (AvgIpc) is 2.73. The number of nitrogens with two attached hydrogens (primary N) is 1. The smallest absolute Gasteiger partial charge is 0.480 e. The van der Waals surface area contributed by atoms with E-state index in [1.165, 1.54) is 19.1 Å². The van der Waals surface area contributed by atoms with Crippen molar-refractivity contribution in [3.63, 3.8) is 0 Å². The molecule has 1 aromatic carbocycles. The number of hydrogen-bond donors (Lipinski definition) is 2. The van der Waals surface area contributed by atoms with Crippen LogP contribution in [0.3, 0.4) is 0 Å². The molecule has 10 heteroatoms. The highest BCUT2D eigenvalue weighted by Crippen LogP contribution is 2.32. The zero-order valence-corrected chi connectivity index (χ0v) is 23.6. The van der Waals surface area contributed by atoms with Crippen molar-refractivity contribution in [3.8, 4) is 11.5 Å². The number of esters is 2. The van der Waals surface area contributed by atoms with Gasteiger partial charge in [-0.1, -0.05) is 47.6 Å². The van der Waals surface area contributed by atoms with Crippen LogP contribution in [-0.2, 0) is 30.3 Å². The number of benzene rings is 1. The first-order chi connectivity index (χ1) is 17.6. The highest BCUT2D eigenvalue weighted by Gasteiger charge is 2.37. The van der Waals surface area contributed by atoms with Gasteiger partial charge in [-0.2, -0.15) is 0 Å². The summed E-state index contributed by atoms with van der Waals surface area (Å²) in [7, 11) is 0. The summed E-state index contributed by atoms with van der Waals surface area (Å²) < 4.78 is 21.1. The summed E-state index contributed by atoms with van der Waals surface area (Å²) >= 11 is 0. The first-order valence-electron chi connectivity index (χ1n) is 13.0. The fraction of sp³-hybridized carbons (Fsp3) is 0.643. The van der Waals surface area contributed by atoms with Crippen molar-refractivity contribution in [2.24, 2.45) is 23.5 Å². The molecule has 10 nitrogen and oxygen atoms in total. The van der Waals surface area contributed by atoms with E-state index in [0.717, 1.165) is 0 Å². The molecule has 1 rings (SSSR count). The Bertz CT molecular complexity index is 958. The van der Waals surface area contributed by atoms with Crippen LogP contribution < -0.4 is 15.2 Å². The second-order valence-corrected chi connectivity index (χ2v) is 11.0. The van der Waals surface area contributed by atoms with E-state index in [1.807, 2.05) is 41.5 Å². The lowest BCUT2D eigenvalue weighted by molar-refractivity contribution is -0.144. The molecule has 0 spiro atoms. The van der Waals surface area contributed by atoms with Gasteiger partial charge in [0.1, 0.15) is 11.6 Å². The minimum atomic E-state index is -1.81. The number of carbonyl (C=O) groups is 4. The molecule has 0 saturated heterocycles. The van der Waals surface area contributed by atoms with Crippen LogP contribution >= 0.6 is 0 Å². The monoisotopic (exact) mass is 537 g/mol. The molecule has 0 saturated carbocycles. The van der Waals surface area contributed by atoms with Gasteiger partial charge in [0.15, 0.2) is 11.5 Å². The van der Waals surface area contributed by atoms with Gasteiger partial charge in [-0.15, -0.1) is 0 Å². The Morgan fingerprint density at radius 2 is 1.42 bits per heavy atom. The molecule has 0 heterocycles. The molecule has 0 fully saturated rings. The Labute approximate surface area is 225 Å². The third kappa shape index (κ3) is 12.4. The first kappa shape index (κ1) is 32.9. The topological polar surface area (TPSA) is 151 Å². The van der Waals surface area contributed by atoms with Crippen molar-refractivity contribution < 1.29 is 43.2 Å². The van der Waals surface area contributed by atoms with E-state index in [1.54, 1.807) is 6.07 Å². The van der Waals surface area contributed by atoms with Crippen molar-refractivity contribution in [1.29, 1.82) is 0 Å². The Kier molecular flexibility index (Phi) is 13.3. The van der Waals surface area contributed by atoms with E-state index in [0.29, 0.717) is 17.9 Å². The van der Waals surface area contributed by atoms with Gasteiger partial charge in [0, 0.05) is 25.7 Å². The van der Waals surface area contributed by atoms with Crippen LogP contribution in [0.5, 0.6) is 11.5 Å². The number of ether oxygens (including phenoxy) is 4. The van der Waals surface area contributed by atoms with Crippen LogP contribution in [0.1, 0.15) is 79.7 Å². The van der Waals surface area contributed by atoms with Crippen LogP contribution in [0, 0.1) is 17.8 Å². The zero-order valence-electron chi connectivity index (χ0n) is 23.6. The molecule has 0 aliphatic rings. The number of carboxylic acids is 1. The van der Waals surface area contributed by atoms with Gasteiger partial charge in [-0.3, -0.25) is 14.4 Å². The molecule has 0 aliphatic carbocycles. The molecule has 2 atom stereocenters. The highest BCUT2D eigenvalue weighted by molar-refractivity contribution is 5.79. The maximum absolute atomic E-state index is 12.4. The molecule has 1 aromatic rings. The zero-order chi connectivity index (χ0) is 29.0. The van der Waals surface area contributed by atoms with Crippen LogP contribution in [0.2, 0.25) is 0 Å². The molecular formula is C28H43NO9. The summed E-state index contributed by atoms with van der Waals surface area (Å²) in [6.45, 7) is 13.2. The molecule has 0 aliphatic heterocycles. The van der Waals surface area contributed by atoms with Gasteiger partial charge in [-0.05, 0) is 48.8 Å². The second-order valence-electron chi connectivity index (χ2n) is 11.0. The van der Waals surface area contributed by atoms with E-state index in [-0.39, 0.29) is 55.6 Å². The lowest BCUT2D eigenvalue weighted by Crippen LogP contribution is -2.52. The van der Waals surface area contributed by atoms with Gasteiger partial charge in [-0.25, -0.2) is 4.79 Å². The lowest BCUT2D eigenvalue weighted by Gasteiger charge is -2.28. The Morgan fingerprint density at radius 3 is 1.92 bits per heavy atom. The SMILES string of the molecule is CC(C)CCOC(=O)O[C@@H](C)CC(N)(Cc1ccc(OC(=O)CC(C)C)c(OC(=O)CC(C)C)c1)C(=O)O. The third-order valence-electron chi connectivity index (χ3n) is 5.42. The van der Waals surface area contributed by atoms with Crippen molar-refractivity contribution in [2.45, 2.75) is 92.2 Å². The van der Waals surface area contributed by atoms with E-state index in [4.69, 9.17) is 24.7 Å². The molecular weight excluding hydrogens is 494 g/mol. The van der Waals surface area contributed by atoms with Crippen LogP contribution in [0.4, 0.5) is 4.79 Å². The normalized spacial score (nSPS) is 13.7. The number of carboxylic acid groups (broad SMARTS) is 1. The molecule has 1 unspecified atom stereocenters. The van der Waals surface area contributed by atoms with Crippen molar-refractivity contribution >= 4 is 24.1 Å². The Morgan fingerprint density at radius 1 is 0.868 bits per heavy atom. The van der Waals surface area contributed by atoms with E-state index in [9.17, 15) is 24.3 Å². The van der Waals surface area contributed by atoms with Crippen molar-refractivity contribution in [2.75, 3.05) is 6.61 Å². The predicted octanol–water partition coefficient (Wildman–Crippen LogP) is 4.89. The predicted molar refractivity (Wildman–Crippen MR) is 141 cm³/mol. The molecule has 214 valence electrons. The summed E-state index contributed by atoms with van der Waals surface area (Å²) in [5.74, 6) is -1.80. The van der Waals surface area contributed by atoms with Crippen LogP contribution in [-0.4, -0.2) is 47.4 Å². The lowest BCUT2D eigenvalue weighted by atomic mass is 9.86. The maximum atomic E-state index is 12.4. The quantitative estimate of drug-likeness (QED) is 0.234. The molecule has 0 amide bonds. The fourth-order valence-electron chi connectivity index (χ4n) is 3.55. The number of aliphatic carboxylic acids is 1. The Hall–Kier alpha value is -3.14. The van der Waals surface area contributed by atoms with E-state index in [2.05, 4.69) is 0 Å². The molecule has 0 radical (unpaired) electrons. The molecule has 0 aromatic heterocycles. The summed E-state index contributed by atoms with van der Waals surface area (Å²) in [4.78, 5) is 48.7. The number of carbonyl (C=O) groups excluding carboxylic acids is 3. The Balaban J connectivity index is 3.09. The van der Waals surface area contributed by atoms with Crippen molar-refractivity contribution in [3.05, 3.63) is 23.8 Å². The summed E-state index contributed by atoms with van der Waals surface area (Å²) in [5.41, 5.74) is 4.87. The first-order valence-corrected chi connectivity index (χ1v) is 13.0. The molecule has 3 N–H and O–H groups in total. The highest BCUT2D eigenvalue weighted by atomic mass is 16.7. The average molecular weight is 538 g/mol. The third-order valence-corrected chi connectivity index (χ3v) is 5.42. The van der Waals surface area contributed by atoms with Gasteiger partial charge in [0.25, 0.3) is 0 Å². The van der Waals surface area contributed by atoms with Gasteiger partial charge in [0.05, 0.1) is 6.61 Å². The molecule has 38 heavy (non-hydrogen) atoms. The number of hydrogen-bond acceptors (Lipinski definition) is 9. The second kappa shape index (κ2) is 15.3. The summed E-state index contributed by atoms with van der Waals surface area (Å²) in [5, 5.41) is 9.90. The maximum Gasteiger partial charge on any atom is 0.508 e. The van der Waals surface area contributed by atoms with E-state index >= 15 is 0 Å². The van der Waals surface area contributed by atoms with Gasteiger partial charge >= 0.3 is 24.1 Å². The number of rotatable bonds is 15. The largest absolute Gasteiger partial charge is 0.508 e. The molecule has 0 bridgehead atoms. The standard InChI is InChI=1S/C28H43NO9/c1-17(2)10-11-35-27(34)36-20(7)15-28(29,26(32)33)16-21-8-9-22(37-24(30)12-18(3)4)23(14-21)38-25(31)13-19(5)6/h8-9,14,17-20H,10-13,15-16,29H2,1-7H3,(H,32,33)/t20-,28?/m0/s1.